The molecular weight excluding hydrogens is 328 g/mol. The van der Waals surface area contributed by atoms with Crippen LogP contribution in [0.5, 0.6) is 5.75 Å². The molecule has 0 bridgehead atoms. The van der Waals surface area contributed by atoms with E-state index in [1.165, 1.54) is 0 Å². The van der Waals surface area contributed by atoms with Gasteiger partial charge in [-0.15, -0.1) is 12.4 Å². The summed E-state index contributed by atoms with van der Waals surface area (Å²) in [6.45, 7) is 0.517. The molecule has 126 valence electrons. The fraction of sp³-hybridized carbons (Fsp3) is 0.167. The van der Waals surface area contributed by atoms with Crippen LogP contribution in [0.15, 0.2) is 54.7 Å². The smallest absolute Gasteiger partial charge is 0.312 e. The second-order valence-corrected chi connectivity index (χ2v) is 5.35. The van der Waals surface area contributed by atoms with E-state index >= 15 is 0 Å². The average molecular weight is 347 g/mol. The van der Waals surface area contributed by atoms with E-state index in [4.69, 9.17) is 10.5 Å². The first kappa shape index (κ1) is 17.8. The molecule has 0 aliphatic rings. The summed E-state index contributed by atoms with van der Waals surface area (Å²) in [6.07, 6.45) is 1.71. The van der Waals surface area contributed by atoms with E-state index in [1.807, 2.05) is 48.5 Å². The second kappa shape index (κ2) is 7.86. The normalized spacial score (nSPS) is 11.7. The van der Waals surface area contributed by atoms with Crippen LogP contribution in [0.25, 0.3) is 10.9 Å². The summed E-state index contributed by atoms with van der Waals surface area (Å²) in [5, 5.41) is 10.1. The quantitative estimate of drug-likeness (QED) is 0.639. The summed E-state index contributed by atoms with van der Waals surface area (Å²) in [5.74, 6) is -0.958. The molecule has 5 nitrogen and oxygen atoms in total. The molecule has 0 saturated carbocycles. The number of aromatic amines is 1. The monoisotopic (exact) mass is 346 g/mol. The summed E-state index contributed by atoms with van der Waals surface area (Å²) in [7, 11) is 0. The number of nitrogens with one attached hydrogen (secondary N) is 1. The Morgan fingerprint density at radius 2 is 1.96 bits per heavy atom. The van der Waals surface area contributed by atoms with E-state index in [1.54, 1.807) is 6.20 Å². The molecular formula is C18H19ClN2O3. The topological polar surface area (TPSA) is 88.3 Å². The van der Waals surface area contributed by atoms with Crippen molar-refractivity contribution in [1.29, 1.82) is 0 Å². The van der Waals surface area contributed by atoms with Gasteiger partial charge in [-0.1, -0.05) is 30.3 Å². The molecule has 4 N–H and O–H groups in total. The first-order valence-electron chi connectivity index (χ1n) is 7.39. The van der Waals surface area contributed by atoms with Gasteiger partial charge in [0.15, 0.2) is 0 Å². The van der Waals surface area contributed by atoms with Crippen LogP contribution < -0.4 is 10.5 Å². The molecule has 0 spiro atoms. The van der Waals surface area contributed by atoms with Crippen LogP contribution in [0.2, 0.25) is 0 Å². The molecule has 0 aliphatic heterocycles. The number of carboxylic acid groups (broad SMARTS) is 1. The third kappa shape index (κ3) is 3.69. The zero-order chi connectivity index (χ0) is 16.2. The SMILES string of the molecule is Cl.NCC(C(=O)O)c1c[nH]c2ccc(OCc3ccccc3)cc12. The maximum Gasteiger partial charge on any atom is 0.312 e. The molecule has 0 fully saturated rings. The van der Waals surface area contributed by atoms with E-state index in [2.05, 4.69) is 4.98 Å². The Hall–Kier alpha value is -2.50. The number of carboxylic acids is 1. The van der Waals surface area contributed by atoms with Gasteiger partial charge in [0.05, 0.1) is 5.92 Å². The molecule has 1 heterocycles. The van der Waals surface area contributed by atoms with Gasteiger partial charge >= 0.3 is 5.97 Å². The van der Waals surface area contributed by atoms with Gasteiger partial charge in [0.2, 0.25) is 0 Å². The van der Waals surface area contributed by atoms with Crippen molar-refractivity contribution in [2.24, 2.45) is 5.73 Å². The molecule has 0 saturated heterocycles. The minimum absolute atomic E-state index is 0. The van der Waals surface area contributed by atoms with Crippen molar-refractivity contribution in [1.82, 2.24) is 4.98 Å². The van der Waals surface area contributed by atoms with Gasteiger partial charge in [-0.05, 0) is 29.3 Å². The maximum atomic E-state index is 11.3. The number of hydrogen-bond donors (Lipinski definition) is 3. The van der Waals surface area contributed by atoms with Crippen LogP contribution in [0.4, 0.5) is 0 Å². The van der Waals surface area contributed by atoms with E-state index in [9.17, 15) is 9.90 Å². The number of rotatable bonds is 6. The maximum absolute atomic E-state index is 11.3. The molecule has 3 aromatic rings. The highest BCUT2D eigenvalue weighted by Gasteiger charge is 2.21. The van der Waals surface area contributed by atoms with Crippen molar-refractivity contribution in [3.63, 3.8) is 0 Å². The Bertz CT molecular complexity index is 818. The predicted octanol–water partition coefficient (Wildman–Crippen LogP) is 3.30. The number of fused-ring (bicyclic) bond motifs is 1. The highest BCUT2D eigenvalue weighted by molar-refractivity contribution is 5.90. The van der Waals surface area contributed by atoms with Crippen molar-refractivity contribution in [3.8, 4) is 5.75 Å². The van der Waals surface area contributed by atoms with Gasteiger partial charge in [-0.3, -0.25) is 4.79 Å². The third-order valence-corrected chi connectivity index (χ3v) is 3.84. The molecule has 1 aromatic heterocycles. The molecule has 2 aromatic carbocycles. The van der Waals surface area contributed by atoms with Gasteiger partial charge in [-0.2, -0.15) is 0 Å². The van der Waals surface area contributed by atoms with E-state index in [0.717, 1.165) is 16.5 Å². The highest BCUT2D eigenvalue weighted by Crippen LogP contribution is 2.29. The summed E-state index contributed by atoms with van der Waals surface area (Å²) in [4.78, 5) is 14.4. The Balaban J connectivity index is 0.00000208. The number of halogens is 1. The van der Waals surface area contributed by atoms with Crippen molar-refractivity contribution in [3.05, 3.63) is 65.9 Å². The van der Waals surface area contributed by atoms with E-state index in [0.29, 0.717) is 17.9 Å². The Kier molecular flexibility index (Phi) is 5.84. The summed E-state index contributed by atoms with van der Waals surface area (Å²) >= 11 is 0. The lowest BCUT2D eigenvalue weighted by Gasteiger charge is -2.10. The third-order valence-electron chi connectivity index (χ3n) is 3.84. The van der Waals surface area contributed by atoms with Crippen LogP contribution >= 0.6 is 12.4 Å². The van der Waals surface area contributed by atoms with Crippen LogP contribution in [0, 0.1) is 0 Å². The standard InChI is InChI=1S/C18H18N2O3.ClH/c19-9-15(18(21)22)16-10-20-17-7-6-13(8-14(16)17)23-11-12-4-2-1-3-5-12;/h1-8,10,15,20H,9,11,19H2,(H,21,22);1H. The minimum Gasteiger partial charge on any atom is -0.489 e. The Morgan fingerprint density at radius 3 is 2.62 bits per heavy atom. The largest absolute Gasteiger partial charge is 0.489 e. The van der Waals surface area contributed by atoms with Crippen LogP contribution in [0.1, 0.15) is 17.0 Å². The number of hydrogen-bond acceptors (Lipinski definition) is 3. The van der Waals surface area contributed by atoms with Gasteiger partial charge < -0.3 is 20.6 Å². The van der Waals surface area contributed by atoms with Crippen LogP contribution in [-0.2, 0) is 11.4 Å². The summed E-state index contributed by atoms with van der Waals surface area (Å²) in [6, 6.07) is 15.5. The molecule has 0 radical (unpaired) electrons. The lowest BCUT2D eigenvalue weighted by Crippen LogP contribution is -2.20. The van der Waals surface area contributed by atoms with Crippen LogP contribution in [0.3, 0.4) is 0 Å². The molecule has 1 unspecified atom stereocenters. The molecule has 1 atom stereocenters. The average Bonchev–Trinajstić information content (AvgIpc) is 2.97. The lowest BCUT2D eigenvalue weighted by atomic mass is 9.99. The predicted molar refractivity (Wildman–Crippen MR) is 95.8 cm³/mol. The van der Waals surface area contributed by atoms with E-state index < -0.39 is 11.9 Å². The van der Waals surface area contributed by atoms with Gasteiger partial charge in [0.1, 0.15) is 12.4 Å². The van der Waals surface area contributed by atoms with E-state index in [-0.39, 0.29) is 19.0 Å². The number of nitrogens with two attached hydrogens (primary N) is 1. The second-order valence-electron chi connectivity index (χ2n) is 5.35. The lowest BCUT2D eigenvalue weighted by molar-refractivity contribution is -0.138. The molecule has 24 heavy (non-hydrogen) atoms. The first-order chi connectivity index (χ1) is 11.2. The number of benzene rings is 2. The van der Waals surface area contributed by atoms with Crippen molar-refractivity contribution < 1.29 is 14.6 Å². The number of aliphatic carboxylic acids is 1. The number of ether oxygens (including phenoxy) is 1. The van der Waals surface area contributed by atoms with Crippen molar-refractivity contribution in [2.45, 2.75) is 12.5 Å². The van der Waals surface area contributed by atoms with Crippen molar-refractivity contribution in [2.75, 3.05) is 6.54 Å². The Labute approximate surface area is 145 Å². The molecule has 0 amide bonds. The number of H-pyrrole nitrogens is 1. The summed E-state index contributed by atoms with van der Waals surface area (Å²) < 4.78 is 5.81. The van der Waals surface area contributed by atoms with Gasteiger partial charge in [-0.25, -0.2) is 0 Å². The summed E-state index contributed by atoms with van der Waals surface area (Å²) in [5.41, 5.74) is 8.23. The molecule has 3 rings (SSSR count). The number of aromatic nitrogens is 1. The van der Waals surface area contributed by atoms with Crippen LogP contribution in [-0.4, -0.2) is 22.6 Å². The zero-order valence-electron chi connectivity index (χ0n) is 12.9. The fourth-order valence-electron chi connectivity index (χ4n) is 2.60. The fourth-order valence-corrected chi connectivity index (χ4v) is 2.60. The van der Waals surface area contributed by atoms with Gasteiger partial charge in [0.25, 0.3) is 0 Å². The zero-order valence-corrected chi connectivity index (χ0v) is 13.8. The minimum atomic E-state index is -0.927. The molecule has 0 aliphatic carbocycles. The molecule has 6 heteroatoms. The van der Waals surface area contributed by atoms with Crippen molar-refractivity contribution >= 4 is 29.3 Å². The van der Waals surface area contributed by atoms with Gasteiger partial charge in [0, 0.05) is 23.6 Å². The highest BCUT2D eigenvalue weighted by atomic mass is 35.5. The Morgan fingerprint density at radius 1 is 1.21 bits per heavy atom. The first-order valence-corrected chi connectivity index (χ1v) is 7.39. The number of carbonyl (C=O) groups is 1.